The largest absolute Gasteiger partial charge is 0.289 e. The van der Waals surface area contributed by atoms with Crippen LogP contribution in [0.5, 0.6) is 0 Å². The highest BCUT2D eigenvalue weighted by Crippen LogP contribution is 2.27. The third kappa shape index (κ3) is 3.26. The van der Waals surface area contributed by atoms with Crippen molar-refractivity contribution in [3.8, 4) is 0 Å². The minimum Gasteiger partial charge on any atom is -0.285 e. The van der Waals surface area contributed by atoms with E-state index in [9.17, 15) is 18.5 Å². The van der Waals surface area contributed by atoms with Crippen LogP contribution in [0.25, 0.3) is 0 Å². The van der Waals surface area contributed by atoms with Gasteiger partial charge >= 0.3 is 0 Å². The van der Waals surface area contributed by atoms with Gasteiger partial charge in [-0.05, 0) is 31.0 Å². The van der Waals surface area contributed by atoms with Crippen LogP contribution in [0.2, 0.25) is 0 Å². The lowest BCUT2D eigenvalue weighted by Gasteiger charge is -2.09. The molecule has 9 heteroatoms. The van der Waals surface area contributed by atoms with Gasteiger partial charge in [-0.1, -0.05) is 0 Å². The molecule has 2 rings (SSSR count). The van der Waals surface area contributed by atoms with Crippen molar-refractivity contribution in [2.24, 2.45) is 0 Å². The van der Waals surface area contributed by atoms with Crippen molar-refractivity contribution in [1.82, 2.24) is 14.9 Å². The summed E-state index contributed by atoms with van der Waals surface area (Å²) in [6.07, 6.45) is 3.01. The van der Waals surface area contributed by atoms with Crippen LogP contribution in [-0.4, -0.2) is 23.5 Å². The van der Waals surface area contributed by atoms with Gasteiger partial charge in [0.1, 0.15) is 0 Å². The van der Waals surface area contributed by atoms with E-state index in [-0.39, 0.29) is 11.4 Å². The van der Waals surface area contributed by atoms with Crippen molar-refractivity contribution >= 4 is 15.7 Å². The van der Waals surface area contributed by atoms with Crippen LogP contribution in [0.1, 0.15) is 16.7 Å². The van der Waals surface area contributed by atoms with Gasteiger partial charge in [0.2, 0.25) is 10.0 Å². The molecular weight excluding hydrogens is 296 g/mol. The summed E-state index contributed by atoms with van der Waals surface area (Å²) in [7, 11) is -3.98. The quantitative estimate of drug-likeness (QED) is 0.639. The van der Waals surface area contributed by atoms with Gasteiger partial charge in [-0.25, -0.2) is 13.1 Å². The lowest BCUT2D eigenvalue weighted by molar-refractivity contribution is -0.387. The lowest BCUT2D eigenvalue weighted by atomic mass is 10.1. The first-order valence-electron chi connectivity index (χ1n) is 6.04. The molecule has 0 amide bonds. The summed E-state index contributed by atoms with van der Waals surface area (Å²) < 4.78 is 26.9. The summed E-state index contributed by atoms with van der Waals surface area (Å²) in [6, 6.07) is 2.58. The Labute approximate surface area is 121 Å². The van der Waals surface area contributed by atoms with Gasteiger partial charge in [-0.3, -0.25) is 15.2 Å². The second-order valence-corrected chi connectivity index (χ2v) is 6.33. The molecule has 2 N–H and O–H groups in total. The minimum absolute atomic E-state index is 0.00289. The zero-order chi connectivity index (χ0) is 15.6. The van der Waals surface area contributed by atoms with E-state index in [0.29, 0.717) is 16.7 Å². The number of nitro groups is 1. The average Bonchev–Trinajstić information content (AvgIpc) is 2.92. The Hall–Kier alpha value is -2.26. The van der Waals surface area contributed by atoms with Crippen molar-refractivity contribution in [3.63, 3.8) is 0 Å². The predicted octanol–water partition coefficient (Wildman–Crippen LogP) is 1.41. The number of benzene rings is 1. The zero-order valence-corrected chi connectivity index (χ0v) is 12.3. The van der Waals surface area contributed by atoms with Crippen LogP contribution >= 0.6 is 0 Å². The molecule has 0 saturated carbocycles. The van der Waals surface area contributed by atoms with Crippen LogP contribution in [0.15, 0.2) is 29.4 Å². The Balaban J connectivity index is 2.39. The van der Waals surface area contributed by atoms with Gasteiger partial charge < -0.3 is 0 Å². The van der Waals surface area contributed by atoms with E-state index in [1.165, 1.54) is 24.5 Å². The van der Waals surface area contributed by atoms with Crippen molar-refractivity contribution in [2.45, 2.75) is 25.3 Å². The Morgan fingerprint density at radius 2 is 2.00 bits per heavy atom. The second kappa shape index (κ2) is 5.62. The Bertz CT molecular complexity index is 769. The first kappa shape index (κ1) is 15.1. The number of nitro benzene ring substituents is 1. The molecule has 2 aromatic rings. The molecule has 0 bridgehead atoms. The highest BCUT2D eigenvalue weighted by Gasteiger charge is 2.26. The van der Waals surface area contributed by atoms with E-state index < -0.39 is 20.6 Å². The van der Waals surface area contributed by atoms with E-state index in [4.69, 9.17) is 0 Å². The Morgan fingerprint density at radius 3 is 2.57 bits per heavy atom. The molecule has 0 aliphatic carbocycles. The SMILES string of the molecule is Cc1cc([N+](=O)[O-])c(S(=O)(=O)NCc2cn[nH]c2)cc1C. The second-order valence-electron chi connectivity index (χ2n) is 4.59. The fourth-order valence-corrected chi connectivity index (χ4v) is 3.02. The summed E-state index contributed by atoms with van der Waals surface area (Å²) in [6.45, 7) is 3.40. The van der Waals surface area contributed by atoms with Crippen LogP contribution in [0.4, 0.5) is 5.69 Å². The number of aromatic nitrogens is 2. The molecule has 1 aromatic carbocycles. The number of hydrogen-bond acceptors (Lipinski definition) is 5. The summed E-state index contributed by atoms with van der Waals surface area (Å²) in [4.78, 5) is 10.0. The molecule has 21 heavy (non-hydrogen) atoms. The van der Waals surface area contributed by atoms with E-state index >= 15 is 0 Å². The van der Waals surface area contributed by atoms with Crippen molar-refractivity contribution in [2.75, 3.05) is 0 Å². The molecule has 0 atom stereocenters. The fraction of sp³-hybridized carbons (Fsp3) is 0.250. The summed E-state index contributed by atoms with van der Waals surface area (Å²) >= 11 is 0. The highest BCUT2D eigenvalue weighted by atomic mass is 32.2. The number of nitrogens with zero attached hydrogens (tertiary/aromatic N) is 2. The number of hydrogen-bond donors (Lipinski definition) is 2. The summed E-state index contributed by atoms with van der Waals surface area (Å²) in [5, 5.41) is 17.3. The van der Waals surface area contributed by atoms with Gasteiger partial charge in [-0.2, -0.15) is 5.10 Å². The molecule has 112 valence electrons. The number of sulfonamides is 1. The monoisotopic (exact) mass is 310 g/mol. The molecule has 1 aromatic heterocycles. The molecule has 0 saturated heterocycles. The van der Waals surface area contributed by atoms with Crippen molar-refractivity contribution < 1.29 is 13.3 Å². The zero-order valence-electron chi connectivity index (χ0n) is 11.5. The summed E-state index contributed by atoms with van der Waals surface area (Å²) in [5.74, 6) is 0. The van der Waals surface area contributed by atoms with Gasteiger partial charge in [0, 0.05) is 24.4 Å². The highest BCUT2D eigenvalue weighted by molar-refractivity contribution is 7.89. The van der Waals surface area contributed by atoms with Crippen LogP contribution < -0.4 is 4.72 Å². The first-order valence-corrected chi connectivity index (χ1v) is 7.52. The lowest BCUT2D eigenvalue weighted by Crippen LogP contribution is -2.24. The Kier molecular flexibility index (Phi) is 4.05. The third-order valence-corrected chi connectivity index (χ3v) is 4.51. The summed E-state index contributed by atoms with van der Waals surface area (Å²) in [5.41, 5.74) is 1.53. The maximum Gasteiger partial charge on any atom is 0.289 e. The molecule has 1 heterocycles. The Morgan fingerprint density at radius 1 is 1.33 bits per heavy atom. The maximum absolute atomic E-state index is 12.3. The van der Waals surface area contributed by atoms with Gasteiger partial charge in [0.25, 0.3) is 5.69 Å². The van der Waals surface area contributed by atoms with Gasteiger partial charge in [-0.15, -0.1) is 0 Å². The number of H-pyrrole nitrogens is 1. The third-order valence-electron chi connectivity index (χ3n) is 3.08. The molecular formula is C12H14N4O4S. The number of rotatable bonds is 5. The number of aromatic amines is 1. The normalized spacial score (nSPS) is 11.5. The van der Waals surface area contributed by atoms with E-state index in [0.717, 1.165) is 0 Å². The van der Waals surface area contributed by atoms with E-state index in [2.05, 4.69) is 14.9 Å². The van der Waals surface area contributed by atoms with E-state index in [1.54, 1.807) is 13.8 Å². The molecule has 0 aliphatic heterocycles. The topological polar surface area (TPSA) is 118 Å². The standard InChI is InChI=1S/C12H14N4O4S/c1-8-3-11(16(17)18)12(4-9(8)2)21(19,20)15-7-10-5-13-14-6-10/h3-6,15H,7H2,1-2H3,(H,13,14). The van der Waals surface area contributed by atoms with Gasteiger partial charge in [0.05, 0.1) is 11.1 Å². The molecule has 0 aliphatic rings. The predicted molar refractivity (Wildman–Crippen MR) is 75.2 cm³/mol. The molecule has 0 unspecified atom stereocenters. The minimum atomic E-state index is -3.98. The number of aryl methyl sites for hydroxylation is 2. The first-order chi connectivity index (χ1) is 9.81. The molecule has 0 spiro atoms. The number of nitrogens with one attached hydrogen (secondary N) is 2. The van der Waals surface area contributed by atoms with Crippen molar-refractivity contribution in [3.05, 3.63) is 51.3 Å². The van der Waals surface area contributed by atoms with Crippen molar-refractivity contribution in [1.29, 1.82) is 0 Å². The van der Waals surface area contributed by atoms with Gasteiger partial charge in [0.15, 0.2) is 4.90 Å². The fourth-order valence-electron chi connectivity index (χ4n) is 1.76. The average molecular weight is 310 g/mol. The van der Waals surface area contributed by atoms with Crippen LogP contribution in [-0.2, 0) is 16.6 Å². The van der Waals surface area contributed by atoms with E-state index in [1.807, 2.05) is 0 Å². The molecule has 0 radical (unpaired) electrons. The smallest absolute Gasteiger partial charge is 0.285 e. The molecule has 8 nitrogen and oxygen atoms in total. The molecule has 0 fully saturated rings. The van der Waals surface area contributed by atoms with Crippen LogP contribution in [0.3, 0.4) is 0 Å². The maximum atomic E-state index is 12.3. The van der Waals surface area contributed by atoms with Crippen LogP contribution in [0, 0.1) is 24.0 Å².